The Hall–Kier alpha value is -2.31. The number of carbonyl (C=O) groups excluding carboxylic acids is 1. The molecule has 0 bridgehead atoms. The van der Waals surface area contributed by atoms with E-state index in [1.54, 1.807) is 6.92 Å². The van der Waals surface area contributed by atoms with Crippen LogP contribution in [0, 0.1) is 11.6 Å². The van der Waals surface area contributed by atoms with Crippen LogP contribution in [0.15, 0.2) is 48.5 Å². The Balaban J connectivity index is 1.47. The zero-order valence-corrected chi connectivity index (χ0v) is 15.5. The van der Waals surface area contributed by atoms with Gasteiger partial charge in [0.2, 0.25) is 5.91 Å². The predicted molar refractivity (Wildman–Crippen MR) is 103 cm³/mol. The van der Waals surface area contributed by atoms with E-state index in [9.17, 15) is 13.6 Å². The van der Waals surface area contributed by atoms with Gasteiger partial charge in [-0.2, -0.15) is 0 Å². The summed E-state index contributed by atoms with van der Waals surface area (Å²) < 4.78 is 27.0. The fraction of sp³-hybridized carbons (Fsp3) is 0.381. The van der Waals surface area contributed by atoms with Crippen molar-refractivity contribution in [3.8, 4) is 0 Å². The van der Waals surface area contributed by atoms with Gasteiger partial charge in [0.1, 0.15) is 11.6 Å². The highest BCUT2D eigenvalue weighted by Gasteiger charge is 2.26. The van der Waals surface area contributed by atoms with Gasteiger partial charge in [0, 0.05) is 38.8 Å². The number of hydrogen-bond donors (Lipinski definition) is 1. The van der Waals surface area contributed by atoms with E-state index in [1.165, 1.54) is 5.56 Å². The Bertz CT molecular complexity index is 761. The molecule has 0 saturated carbocycles. The molecule has 2 aromatic carbocycles. The fourth-order valence-electron chi connectivity index (χ4n) is 3.30. The van der Waals surface area contributed by atoms with Gasteiger partial charge in [0.25, 0.3) is 0 Å². The number of amides is 1. The summed E-state index contributed by atoms with van der Waals surface area (Å²) in [7, 11) is 0. The zero-order valence-electron chi connectivity index (χ0n) is 15.5. The third-order valence-electron chi connectivity index (χ3n) is 5.08. The summed E-state index contributed by atoms with van der Waals surface area (Å²) in [5.41, 5.74) is 1.21. The molecule has 3 rings (SSSR count). The Morgan fingerprint density at radius 2 is 1.78 bits per heavy atom. The molecule has 6 heteroatoms. The molecule has 0 spiro atoms. The molecule has 1 saturated heterocycles. The van der Waals surface area contributed by atoms with E-state index in [-0.39, 0.29) is 11.6 Å². The molecule has 0 unspecified atom stereocenters. The van der Waals surface area contributed by atoms with Crippen LogP contribution in [-0.2, 0) is 11.2 Å². The second kappa shape index (κ2) is 9.06. The second-order valence-electron chi connectivity index (χ2n) is 6.90. The van der Waals surface area contributed by atoms with Crippen molar-refractivity contribution >= 4 is 11.6 Å². The van der Waals surface area contributed by atoms with Crippen LogP contribution in [0.25, 0.3) is 0 Å². The molecule has 1 heterocycles. The molecule has 1 N–H and O–H groups in total. The highest BCUT2D eigenvalue weighted by Crippen LogP contribution is 2.17. The summed E-state index contributed by atoms with van der Waals surface area (Å²) >= 11 is 0. The molecular formula is C21H25F2N3O. The molecule has 1 amide bonds. The maximum Gasteiger partial charge on any atom is 0.241 e. The monoisotopic (exact) mass is 373 g/mol. The lowest BCUT2D eigenvalue weighted by atomic mass is 10.1. The Labute approximate surface area is 158 Å². The van der Waals surface area contributed by atoms with Crippen molar-refractivity contribution in [3.05, 3.63) is 65.7 Å². The SMILES string of the molecule is C[C@H](C(=O)Nc1cc(F)ccc1F)N1CCN(CCc2ccccc2)CC1. The van der Waals surface area contributed by atoms with Crippen LogP contribution < -0.4 is 5.32 Å². The lowest BCUT2D eigenvalue weighted by Gasteiger charge is -2.37. The number of hydrogen-bond acceptors (Lipinski definition) is 3. The van der Waals surface area contributed by atoms with Crippen LogP contribution in [0.1, 0.15) is 12.5 Å². The van der Waals surface area contributed by atoms with E-state index in [1.807, 2.05) is 6.07 Å². The summed E-state index contributed by atoms with van der Waals surface area (Å²) in [5, 5.41) is 2.50. The number of halogens is 2. The van der Waals surface area contributed by atoms with E-state index in [2.05, 4.69) is 39.4 Å². The molecule has 1 aliphatic heterocycles. The predicted octanol–water partition coefficient (Wildman–Crippen LogP) is 3.15. The molecule has 0 radical (unpaired) electrons. The molecule has 1 aliphatic rings. The Morgan fingerprint density at radius 3 is 2.48 bits per heavy atom. The number of piperazine rings is 1. The van der Waals surface area contributed by atoms with Crippen molar-refractivity contribution < 1.29 is 13.6 Å². The third kappa shape index (κ3) is 5.34. The number of carbonyl (C=O) groups is 1. The molecule has 4 nitrogen and oxygen atoms in total. The number of rotatable bonds is 6. The number of nitrogens with zero attached hydrogens (tertiary/aromatic N) is 2. The van der Waals surface area contributed by atoms with Crippen molar-refractivity contribution in [3.63, 3.8) is 0 Å². The second-order valence-corrected chi connectivity index (χ2v) is 6.90. The molecule has 0 aliphatic carbocycles. The quantitative estimate of drug-likeness (QED) is 0.845. The first-order valence-electron chi connectivity index (χ1n) is 9.29. The Morgan fingerprint density at radius 1 is 1.07 bits per heavy atom. The van der Waals surface area contributed by atoms with Gasteiger partial charge in [-0.05, 0) is 31.0 Å². The maximum atomic E-state index is 13.7. The minimum Gasteiger partial charge on any atom is -0.322 e. The van der Waals surface area contributed by atoms with Gasteiger partial charge in [0.05, 0.1) is 11.7 Å². The first kappa shape index (κ1) is 19.5. The first-order chi connectivity index (χ1) is 13.0. The summed E-state index contributed by atoms with van der Waals surface area (Å²) in [5.74, 6) is -1.54. The molecule has 2 aromatic rings. The van der Waals surface area contributed by atoms with E-state index in [4.69, 9.17) is 0 Å². The highest BCUT2D eigenvalue weighted by atomic mass is 19.1. The summed E-state index contributed by atoms with van der Waals surface area (Å²) in [6.07, 6.45) is 1.01. The van der Waals surface area contributed by atoms with E-state index in [0.717, 1.165) is 57.3 Å². The van der Waals surface area contributed by atoms with Gasteiger partial charge in [-0.1, -0.05) is 30.3 Å². The largest absolute Gasteiger partial charge is 0.322 e. The summed E-state index contributed by atoms with van der Waals surface area (Å²) in [4.78, 5) is 16.9. The maximum absolute atomic E-state index is 13.7. The number of benzene rings is 2. The number of nitrogens with one attached hydrogen (secondary N) is 1. The van der Waals surface area contributed by atoms with Crippen LogP contribution in [0.5, 0.6) is 0 Å². The minimum absolute atomic E-state index is 0.117. The summed E-state index contributed by atoms with van der Waals surface area (Å²) in [6, 6.07) is 13.0. The van der Waals surface area contributed by atoms with Crippen LogP contribution in [0.3, 0.4) is 0 Å². The topological polar surface area (TPSA) is 35.6 Å². The van der Waals surface area contributed by atoms with Crippen LogP contribution >= 0.6 is 0 Å². The summed E-state index contributed by atoms with van der Waals surface area (Å²) in [6.45, 7) is 6.11. The highest BCUT2D eigenvalue weighted by molar-refractivity contribution is 5.94. The fourth-order valence-corrected chi connectivity index (χ4v) is 3.30. The number of anilines is 1. The molecule has 1 atom stereocenters. The van der Waals surface area contributed by atoms with Crippen molar-refractivity contribution in [2.45, 2.75) is 19.4 Å². The molecule has 144 valence electrons. The van der Waals surface area contributed by atoms with Crippen LogP contribution in [-0.4, -0.2) is 54.5 Å². The smallest absolute Gasteiger partial charge is 0.241 e. The van der Waals surface area contributed by atoms with Crippen molar-refractivity contribution in [2.75, 3.05) is 38.0 Å². The Kier molecular flexibility index (Phi) is 6.53. The third-order valence-corrected chi connectivity index (χ3v) is 5.08. The van der Waals surface area contributed by atoms with Crippen molar-refractivity contribution in [1.82, 2.24) is 9.80 Å². The van der Waals surface area contributed by atoms with Gasteiger partial charge in [-0.25, -0.2) is 8.78 Å². The van der Waals surface area contributed by atoms with Gasteiger partial charge >= 0.3 is 0 Å². The van der Waals surface area contributed by atoms with Crippen molar-refractivity contribution in [2.24, 2.45) is 0 Å². The van der Waals surface area contributed by atoms with Gasteiger partial charge in [-0.15, -0.1) is 0 Å². The van der Waals surface area contributed by atoms with Crippen LogP contribution in [0.4, 0.5) is 14.5 Å². The lowest BCUT2D eigenvalue weighted by molar-refractivity contribution is -0.121. The standard InChI is InChI=1S/C21H25F2N3O/c1-16(21(27)24-20-15-18(22)7-8-19(20)23)26-13-11-25(12-14-26)10-9-17-5-3-2-4-6-17/h2-8,15-16H,9-14H2,1H3,(H,24,27)/t16-/m1/s1. The first-order valence-corrected chi connectivity index (χ1v) is 9.29. The van der Waals surface area contributed by atoms with E-state index >= 15 is 0 Å². The molecule has 1 fully saturated rings. The molecular weight excluding hydrogens is 348 g/mol. The normalized spacial score (nSPS) is 16.9. The van der Waals surface area contributed by atoms with Crippen LogP contribution in [0.2, 0.25) is 0 Å². The lowest BCUT2D eigenvalue weighted by Crippen LogP contribution is -2.53. The van der Waals surface area contributed by atoms with Gasteiger partial charge < -0.3 is 10.2 Å². The van der Waals surface area contributed by atoms with Gasteiger partial charge in [-0.3, -0.25) is 9.69 Å². The van der Waals surface area contributed by atoms with E-state index in [0.29, 0.717) is 0 Å². The average molecular weight is 373 g/mol. The average Bonchev–Trinajstić information content (AvgIpc) is 2.70. The minimum atomic E-state index is -0.636. The van der Waals surface area contributed by atoms with E-state index < -0.39 is 17.7 Å². The van der Waals surface area contributed by atoms with Crippen molar-refractivity contribution in [1.29, 1.82) is 0 Å². The molecule has 27 heavy (non-hydrogen) atoms. The van der Waals surface area contributed by atoms with Gasteiger partial charge in [0.15, 0.2) is 0 Å². The zero-order chi connectivity index (χ0) is 19.2. The molecule has 0 aromatic heterocycles.